The third-order valence-electron chi connectivity index (χ3n) is 4.74. The molecular formula is C21H26N2O. The molecule has 2 amide bonds. The Balaban J connectivity index is 1.81. The molecule has 1 saturated heterocycles. The molecule has 0 saturated carbocycles. The van der Waals surface area contributed by atoms with Gasteiger partial charge >= 0.3 is 6.03 Å². The van der Waals surface area contributed by atoms with E-state index >= 15 is 0 Å². The summed E-state index contributed by atoms with van der Waals surface area (Å²) in [6, 6.07) is 16.7. The van der Waals surface area contributed by atoms with E-state index in [0.717, 1.165) is 25.1 Å². The van der Waals surface area contributed by atoms with Crippen molar-refractivity contribution in [1.29, 1.82) is 0 Å². The predicted molar refractivity (Wildman–Crippen MR) is 99.3 cm³/mol. The maximum Gasteiger partial charge on any atom is 0.322 e. The smallest absolute Gasteiger partial charge is 0.317 e. The van der Waals surface area contributed by atoms with Gasteiger partial charge in [0.25, 0.3) is 0 Å². The second-order valence-corrected chi connectivity index (χ2v) is 6.77. The minimum absolute atomic E-state index is 0.00672. The van der Waals surface area contributed by atoms with E-state index in [0.29, 0.717) is 0 Å². The first-order chi connectivity index (χ1) is 11.6. The first-order valence-electron chi connectivity index (χ1n) is 8.84. The number of hydrogen-bond acceptors (Lipinski definition) is 1. The Labute approximate surface area is 144 Å². The molecule has 0 radical (unpaired) electrons. The summed E-state index contributed by atoms with van der Waals surface area (Å²) in [5.74, 6) is 0. The molecule has 24 heavy (non-hydrogen) atoms. The molecule has 0 spiro atoms. The number of benzene rings is 2. The number of likely N-dealkylation sites (tertiary alicyclic amines) is 1. The van der Waals surface area contributed by atoms with Gasteiger partial charge in [-0.3, -0.25) is 0 Å². The fourth-order valence-electron chi connectivity index (χ4n) is 3.41. The van der Waals surface area contributed by atoms with E-state index in [1.54, 1.807) is 0 Å². The van der Waals surface area contributed by atoms with Crippen molar-refractivity contribution in [3.63, 3.8) is 0 Å². The highest BCUT2D eigenvalue weighted by molar-refractivity contribution is 5.89. The van der Waals surface area contributed by atoms with Crippen LogP contribution in [0, 0.1) is 13.8 Å². The zero-order valence-electron chi connectivity index (χ0n) is 14.6. The molecule has 1 aliphatic heterocycles. The van der Waals surface area contributed by atoms with Gasteiger partial charge in [0.2, 0.25) is 0 Å². The molecule has 0 aromatic heterocycles. The number of carbonyl (C=O) groups excluding carboxylic acids is 1. The summed E-state index contributed by atoms with van der Waals surface area (Å²) < 4.78 is 0. The van der Waals surface area contributed by atoms with Crippen LogP contribution >= 0.6 is 0 Å². The van der Waals surface area contributed by atoms with E-state index in [9.17, 15) is 4.79 Å². The number of aryl methyl sites for hydroxylation is 2. The number of nitrogens with one attached hydrogen (secondary N) is 1. The Bertz CT molecular complexity index is 693. The van der Waals surface area contributed by atoms with Crippen molar-refractivity contribution in [3.05, 3.63) is 65.2 Å². The van der Waals surface area contributed by atoms with Crippen molar-refractivity contribution in [2.75, 3.05) is 11.9 Å². The average molecular weight is 322 g/mol. The van der Waals surface area contributed by atoms with Crippen LogP contribution < -0.4 is 5.32 Å². The summed E-state index contributed by atoms with van der Waals surface area (Å²) in [5, 5.41) is 3.07. The Hall–Kier alpha value is -2.29. The lowest BCUT2D eigenvalue weighted by Crippen LogP contribution is -2.38. The van der Waals surface area contributed by atoms with Gasteiger partial charge in [-0.15, -0.1) is 0 Å². The van der Waals surface area contributed by atoms with E-state index in [2.05, 4.69) is 36.5 Å². The van der Waals surface area contributed by atoms with Gasteiger partial charge in [-0.25, -0.2) is 4.79 Å². The SMILES string of the molecule is Cc1ccc(NC(=O)N2CCCCC[C@H]2c2cccc(C)c2)cc1. The third-order valence-corrected chi connectivity index (χ3v) is 4.74. The molecular weight excluding hydrogens is 296 g/mol. The standard InChI is InChI=1S/C21H26N2O/c1-16-10-12-19(13-11-16)22-21(24)23-14-5-3-4-9-20(23)18-8-6-7-17(2)15-18/h6-8,10-13,15,20H,3-5,9,14H2,1-2H3,(H,22,24)/t20-/m0/s1. The molecule has 3 rings (SSSR count). The monoisotopic (exact) mass is 322 g/mol. The number of nitrogens with zero attached hydrogens (tertiary/aromatic N) is 1. The molecule has 0 unspecified atom stereocenters. The summed E-state index contributed by atoms with van der Waals surface area (Å²) in [6.07, 6.45) is 4.47. The van der Waals surface area contributed by atoms with Crippen LogP contribution in [0.5, 0.6) is 0 Å². The molecule has 2 aromatic carbocycles. The number of anilines is 1. The summed E-state index contributed by atoms with van der Waals surface area (Å²) in [7, 11) is 0. The van der Waals surface area contributed by atoms with Crippen LogP contribution in [0.3, 0.4) is 0 Å². The fraction of sp³-hybridized carbons (Fsp3) is 0.381. The lowest BCUT2D eigenvalue weighted by atomic mass is 9.99. The molecule has 3 heteroatoms. The number of carbonyl (C=O) groups is 1. The van der Waals surface area contributed by atoms with Crippen molar-refractivity contribution in [1.82, 2.24) is 4.90 Å². The molecule has 126 valence electrons. The molecule has 3 nitrogen and oxygen atoms in total. The average Bonchev–Trinajstić information content (AvgIpc) is 2.83. The number of urea groups is 1. The predicted octanol–water partition coefficient (Wildman–Crippen LogP) is 5.45. The van der Waals surface area contributed by atoms with Crippen molar-refractivity contribution in [2.45, 2.75) is 45.6 Å². The molecule has 1 heterocycles. The zero-order valence-corrected chi connectivity index (χ0v) is 14.6. The highest BCUT2D eigenvalue weighted by Gasteiger charge is 2.26. The highest BCUT2D eigenvalue weighted by atomic mass is 16.2. The minimum atomic E-state index is 0.00672. The van der Waals surface area contributed by atoms with Gasteiger partial charge in [-0.2, -0.15) is 0 Å². The summed E-state index contributed by atoms with van der Waals surface area (Å²) in [4.78, 5) is 14.9. The number of amides is 2. The van der Waals surface area contributed by atoms with Gasteiger partial charge in [0.15, 0.2) is 0 Å². The second-order valence-electron chi connectivity index (χ2n) is 6.77. The zero-order chi connectivity index (χ0) is 16.9. The molecule has 1 fully saturated rings. The van der Waals surface area contributed by atoms with Gasteiger partial charge in [0.1, 0.15) is 0 Å². The van der Waals surface area contributed by atoms with Gasteiger partial charge in [0, 0.05) is 12.2 Å². The Morgan fingerprint density at radius 3 is 2.54 bits per heavy atom. The van der Waals surface area contributed by atoms with Gasteiger partial charge in [-0.05, 0) is 44.4 Å². The van der Waals surface area contributed by atoms with Gasteiger partial charge in [-0.1, -0.05) is 60.4 Å². The first-order valence-corrected chi connectivity index (χ1v) is 8.84. The molecule has 1 N–H and O–H groups in total. The van der Waals surface area contributed by atoms with Crippen molar-refractivity contribution in [3.8, 4) is 0 Å². The largest absolute Gasteiger partial charge is 0.322 e. The number of hydrogen-bond donors (Lipinski definition) is 1. The summed E-state index contributed by atoms with van der Waals surface area (Å²) in [6.45, 7) is 4.97. The van der Waals surface area contributed by atoms with Crippen LogP contribution in [0.2, 0.25) is 0 Å². The Morgan fingerprint density at radius 1 is 1.00 bits per heavy atom. The lowest BCUT2D eigenvalue weighted by molar-refractivity contribution is 0.189. The summed E-state index contributed by atoms with van der Waals surface area (Å²) >= 11 is 0. The van der Waals surface area contributed by atoms with E-state index < -0.39 is 0 Å². The Kier molecular flexibility index (Phi) is 5.19. The molecule has 2 aromatic rings. The van der Waals surface area contributed by atoms with Crippen LogP contribution in [0.15, 0.2) is 48.5 Å². The normalized spacial score (nSPS) is 18.1. The van der Waals surface area contributed by atoms with E-state index in [1.807, 2.05) is 36.1 Å². The van der Waals surface area contributed by atoms with Crippen molar-refractivity contribution < 1.29 is 4.79 Å². The molecule has 0 bridgehead atoms. The van der Waals surface area contributed by atoms with Gasteiger partial charge < -0.3 is 10.2 Å². The maximum atomic E-state index is 12.9. The summed E-state index contributed by atoms with van der Waals surface area (Å²) in [5.41, 5.74) is 4.55. The first kappa shape index (κ1) is 16.6. The molecule has 0 aliphatic carbocycles. The van der Waals surface area contributed by atoms with E-state index in [1.165, 1.54) is 29.5 Å². The van der Waals surface area contributed by atoms with E-state index in [4.69, 9.17) is 0 Å². The molecule has 1 atom stereocenters. The van der Waals surface area contributed by atoms with Crippen LogP contribution in [0.25, 0.3) is 0 Å². The van der Waals surface area contributed by atoms with Crippen LogP contribution in [0.1, 0.15) is 48.4 Å². The Morgan fingerprint density at radius 2 is 1.79 bits per heavy atom. The minimum Gasteiger partial charge on any atom is -0.317 e. The number of rotatable bonds is 2. The second kappa shape index (κ2) is 7.52. The topological polar surface area (TPSA) is 32.3 Å². The lowest BCUT2D eigenvalue weighted by Gasteiger charge is -2.31. The maximum absolute atomic E-state index is 12.9. The van der Waals surface area contributed by atoms with Crippen LogP contribution in [-0.4, -0.2) is 17.5 Å². The van der Waals surface area contributed by atoms with Crippen molar-refractivity contribution in [2.24, 2.45) is 0 Å². The van der Waals surface area contributed by atoms with Crippen LogP contribution in [0.4, 0.5) is 10.5 Å². The highest BCUT2D eigenvalue weighted by Crippen LogP contribution is 2.31. The quantitative estimate of drug-likeness (QED) is 0.783. The fourth-order valence-corrected chi connectivity index (χ4v) is 3.41. The van der Waals surface area contributed by atoms with Gasteiger partial charge in [0.05, 0.1) is 6.04 Å². The third kappa shape index (κ3) is 3.97. The van der Waals surface area contributed by atoms with E-state index in [-0.39, 0.29) is 12.1 Å². The van der Waals surface area contributed by atoms with Crippen molar-refractivity contribution >= 4 is 11.7 Å². The van der Waals surface area contributed by atoms with Crippen LogP contribution in [-0.2, 0) is 0 Å². The molecule has 1 aliphatic rings.